The first-order valence-corrected chi connectivity index (χ1v) is 9.04. The smallest absolute Gasteiger partial charge is 0.407 e. The molecule has 7 heteroatoms. The van der Waals surface area contributed by atoms with Crippen LogP contribution in [0.25, 0.3) is 0 Å². The van der Waals surface area contributed by atoms with Crippen molar-refractivity contribution in [2.45, 2.75) is 13.5 Å². The fourth-order valence-corrected chi connectivity index (χ4v) is 2.63. The third kappa shape index (κ3) is 6.40. The first-order valence-electron chi connectivity index (χ1n) is 8.25. The summed E-state index contributed by atoms with van der Waals surface area (Å²) in [5, 5.41) is 5.29. The lowest BCUT2D eigenvalue weighted by Gasteiger charge is -2.12. The summed E-state index contributed by atoms with van der Waals surface area (Å²) in [6.45, 7) is 2.96. The zero-order chi connectivity index (χ0) is 18.8. The highest BCUT2D eigenvalue weighted by atomic mass is 79.9. The zero-order valence-corrected chi connectivity index (χ0v) is 16.0. The number of hydrogen-bond donors (Lipinski definition) is 2. The summed E-state index contributed by atoms with van der Waals surface area (Å²) in [7, 11) is 0. The highest BCUT2D eigenvalue weighted by Crippen LogP contribution is 2.20. The first-order chi connectivity index (χ1) is 12.6. The standard InChI is InChI=1S/C19H21BrN2O4/c1-2-25-19(24)22-11-10-21-18(23)16-8-3-4-9-17(16)26-13-14-6-5-7-15(20)12-14/h3-9,12H,2,10-11,13H2,1H3,(H,21,23)(H,22,24). The van der Waals surface area contributed by atoms with Crippen LogP contribution < -0.4 is 15.4 Å². The van der Waals surface area contributed by atoms with Crippen molar-refractivity contribution in [2.24, 2.45) is 0 Å². The molecule has 0 atom stereocenters. The lowest BCUT2D eigenvalue weighted by Crippen LogP contribution is -2.35. The van der Waals surface area contributed by atoms with Crippen LogP contribution in [0.1, 0.15) is 22.8 Å². The first kappa shape index (κ1) is 19.8. The van der Waals surface area contributed by atoms with Crippen LogP contribution in [0.3, 0.4) is 0 Å². The molecule has 0 aliphatic rings. The van der Waals surface area contributed by atoms with Crippen LogP contribution in [0.15, 0.2) is 53.0 Å². The highest BCUT2D eigenvalue weighted by Gasteiger charge is 2.12. The molecule has 0 aliphatic heterocycles. The van der Waals surface area contributed by atoms with Gasteiger partial charge in [-0.1, -0.05) is 40.2 Å². The van der Waals surface area contributed by atoms with E-state index >= 15 is 0 Å². The monoisotopic (exact) mass is 420 g/mol. The average Bonchev–Trinajstić information content (AvgIpc) is 2.64. The molecule has 138 valence electrons. The van der Waals surface area contributed by atoms with Gasteiger partial charge in [-0.2, -0.15) is 0 Å². The van der Waals surface area contributed by atoms with Gasteiger partial charge in [0.25, 0.3) is 5.91 Å². The van der Waals surface area contributed by atoms with Crippen molar-refractivity contribution in [3.63, 3.8) is 0 Å². The van der Waals surface area contributed by atoms with Gasteiger partial charge in [-0.05, 0) is 36.8 Å². The Bertz CT molecular complexity index is 752. The molecule has 0 heterocycles. The van der Waals surface area contributed by atoms with Crippen molar-refractivity contribution in [2.75, 3.05) is 19.7 Å². The number of halogens is 1. The number of hydrogen-bond acceptors (Lipinski definition) is 4. The highest BCUT2D eigenvalue weighted by molar-refractivity contribution is 9.10. The third-order valence-electron chi connectivity index (χ3n) is 3.37. The summed E-state index contributed by atoms with van der Waals surface area (Å²) in [5.41, 5.74) is 1.44. The predicted molar refractivity (Wildman–Crippen MR) is 102 cm³/mol. The number of carbonyl (C=O) groups is 2. The van der Waals surface area contributed by atoms with E-state index in [0.29, 0.717) is 24.5 Å². The van der Waals surface area contributed by atoms with Crippen molar-refractivity contribution < 1.29 is 19.1 Å². The van der Waals surface area contributed by atoms with Crippen LogP contribution in [-0.4, -0.2) is 31.7 Å². The van der Waals surface area contributed by atoms with Crippen LogP contribution in [0, 0.1) is 0 Å². The van der Waals surface area contributed by atoms with Gasteiger partial charge in [0.05, 0.1) is 12.2 Å². The molecular weight excluding hydrogens is 400 g/mol. The number of alkyl carbamates (subject to hydrolysis) is 1. The minimum atomic E-state index is -0.500. The van der Waals surface area contributed by atoms with Crippen LogP contribution in [-0.2, 0) is 11.3 Å². The van der Waals surface area contributed by atoms with E-state index in [1.807, 2.05) is 30.3 Å². The molecular formula is C19H21BrN2O4. The number of carbonyl (C=O) groups excluding carboxylic acids is 2. The average molecular weight is 421 g/mol. The molecule has 0 saturated heterocycles. The number of nitrogens with one attached hydrogen (secondary N) is 2. The van der Waals surface area contributed by atoms with Gasteiger partial charge in [-0.3, -0.25) is 4.79 Å². The fraction of sp³-hybridized carbons (Fsp3) is 0.263. The number of amides is 2. The van der Waals surface area contributed by atoms with E-state index in [-0.39, 0.29) is 19.0 Å². The number of ether oxygens (including phenoxy) is 2. The van der Waals surface area contributed by atoms with Gasteiger partial charge in [0.15, 0.2) is 0 Å². The molecule has 0 aliphatic carbocycles. The molecule has 2 aromatic rings. The molecule has 2 rings (SSSR count). The van der Waals surface area contributed by atoms with Gasteiger partial charge in [-0.15, -0.1) is 0 Å². The van der Waals surface area contributed by atoms with Gasteiger partial charge in [0.2, 0.25) is 0 Å². The molecule has 0 aromatic heterocycles. The van der Waals surface area contributed by atoms with Gasteiger partial charge >= 0.3 is 6.09 Å². The Hall–Kier alpha value is -2.54. The second kappa shape index (κ2) is 10.5. The Morgan fingerprint density at radius 3 is 2.58 bits per heavy atom. The molecule has 2 aromatic carbocycles. The van der Waals surface area contributed by atoms with Crippen molar-refractivity contribution >= 4 is 27.9 Å². The maximum atomic E-state index is 12.4. The van der Waals surface area contributed by atoms with Gasteiger partial charge in [-0.25, -0.2) is 4.79 Å². The lowest BCUT2D eigenvalue weighted by molar-refractivity contribution is 0.0947. The second-order valence-corrected chi connectivity index (χ2v) is 6.23. The summed E-state index contributed by atoms with van der Waals surface area (Å²) in [4.78, 5) is 23.5. The molecule has 0 radical (unpaired) electrons. The van der Waals surface area contributed by atoms with Crippen LogP contribution in [0.4, 0.5) is 4.79 Å². The van der Waals surface area contributed by atoms with Crippen LogP contribution in [0.2, 0.25) is 0 Å². The number of rotatable bonds is 8. The lowest BCUT2D eigenvalue weighted by atomic mass is 10.2. The third-order valence-corrected chi connectivity index (χ3v) is 3.86. The molecule has 2 amide bonds. The number of benzene rings is 2. The van der Waals surface area contributed by atoms with E-state index in [0.717, 1.165) is 10.0 Å². The zero-order valence-electron chi connectivity index (χ0n) is 14.5. The largest absolute Gasteiger partial charge is 0.488 e. The SMILES string of the molecule is CCOC(=O)NCCNC(=O)c1ccccc1OCc1cccc(Br)c1. The van der Waals surface area contributed by atoms with E-state index < -0.39 is 6.09 Å². The quantitative estimate of drug-likeness (QED) is 0.640. The van der Waals surface area contributed by atoms with Crippen LogP contribution in [0.5, 0.6) is 5.75 Å². The minimum absolute atomic E-state index is 0.263. The van der Waals surface area contributed by atoms with Crippen LogP contribution >= 0.6 is 15.9 Å². The summed E-state index contributed by atoms with van der Waals surface area (Å²) < 4.78 is 11.5. The second-order valence-electron chi connectivity index (χ2n) is 5.32. The van der Waals surface area contributed by atoms with Gasteiger partial charge in [0.1, 0.15) is 12.4 Å². The topological polar surface area (TPSA) is 76.7 Å². The molecule has 0 fully saturated rings. The van der Waals surface area contributed by atoms with E-state index in [9.17, 15) is 9.59 Å². The predicted octanol–water partition coefficient (Wildman–Crippen LogP) is 3.50. The Kier molecular flexibility index (Phi) is 7.95. The fourth-order valence-electron chi connectivity index (χ4n) is 2.19. The van der Waals surface area contributed by atoms with Crippen molar-refractivity contribution in [1.29, 1.82) is 0 Å². The summed E-state index contributed by atoms with van der Waals surface area (Å²) in [5.74, 6) is 0.240. The molecule has 0 unspecified atom stereocenters. The summed E-state index contributed by atoms with van der Waals surface area (Å²) in [6.07, 6.45) is -0.500. The van der Waals surface area contributed by atoms with E-state index in [1.165, 1.54) is 0 Å². The Balaban J connectivity index is 1.88. The normalized spacial score (nSPS) is 10.1. The van der Waals surface area contributed by atoms with Crippen molar-refractivity contribution in [1.82, 2.24) is 10.6 Å². The van der Waals surface area contributed by atoms with E-state index in [2.05, 4.69) is 26.6 Å². The van der Waals surface area contributed by atoms with Gasteiger partial charge in [0, 0.05) is 17.6 Å². The van der Waals surface area contributed by atoms with Crippen molar-refractivity contribution in [3.8, 4) is 5.75 Å². The molecule has 6 nitrogen and oxygen atoms in total. The Morgan fingerprint density at radius 2 is 1.81 bits per heavy atom. The summed E-state index contributed by atoms with van der Waals surface area (Å²) in [6, 6.07) is 14.8. The maximum absolute atomic E-state index is 12.4. The minimum Gasteiger partial charge on any atom is -0.488 e. The Labute approximate surface area is 161 Å². The molecule has 0 spiro atoms. The van der Waals surface area contributed by atoms with Crippen molar-refractivity contribution in [3.05, 3.63) is 64.1 Å². The molecule has 0 bridgehead atoms. The molecule has 26 heavy (non-hydrogen) atoms. The van der Waals surface area contributed by atoms with E-state index in [4.69, 9.17) is 9.47 Å². The molecule has 0 saturated carbocycles. The number of para-hydroxylation sites is 1. The van der Waals surface area contributed by atoms with E-state index in [1.54, 1.807) is 25.1 Å². The summed E-state index contributed by atoms with van der Waals surface area (Å²) >= 11 is 3.42. The maximum Gasteiger partial charge on any atom is 0.407 e. The molecule has 2 N–H and O–H groups in total. The van der Waals surface area contributed by atoms with Gasteiger partial charge < -0.3 is 20.1 Å². The Morgan fingerprint density at radius 1 is 1.04 bits per heavy atom.